The Labute approximate surface area is 179 Å². The number of benzene rings is 2. The third-order valence-corrected chi connectivity index (χ3v) is 5.45. The van der Waals surface area contributed by atoms with E-state index in [2.05, 4.69) is 10.2 Å². The van der Waals surface area contributed by atoms with Gasteiger partial charge in [0.15, 0.2) is 11.3 Å². The molecular formula is C21H24ClN3O5. The molecule has 8 nitrogen and oxygen atoms in total. The van der Waals surface area contributed by atoms with Crippen molar-refractivity contribution in [3.8, 4) is 11.5 Å². The molecule has 0 aromatic heterocycles. The van der Waals surface area contributed by atoms with Crippen molar-refractivity contribution < 1.29 is 19.2 Å². The van der Waals surface area contributed by atoms with E-state index >= 15 is 0 Å². The van der Waals surface area contributed by atoms with Crippen LogP contribution in [0, 0.1) is 10.1 Å². The molecule has 3 rings (SSSR count). The number of nitro benzene ring substituents is 1. The molecule has 0 radical (unpaired) electrons. The Bertz CT molecular complexity index is 912. The Kier molecular flexibility index (Phi) is 7.12. The van der Waals surface area contributed by atoms with Crippen molar-refractivity contribution in [2.45, 2.75) is 25.4 Å². The quantitative estimate of drug-likeness (QED) is 0.529. The van der Waals surface area contributed by atoms with Crippen LogP contribution in [-0.4, -0.2) is 49.1 Å². The normalized spacial score (nSPS) is 14.9. The van der Waals surface area contributed by atoms with E-state index in [9.17, 15) is 14.9 Å². The molecule has 1 N–H and O–H groups in total. The monoisotopic (exact) mass is 433 g/mol. The summed E-state index contributed by atoms with van der Waals surface area (Å²) in [6, 6.07) is 10.6. The summed E-state index contributed by atoms with van der Waals surface area (Å²) in [5, 5.41) is 15.2. The second-order valence-corrected chi connectivity index (χ2v) is 7.54. The molecule has 2 aromatic carbocycles. The lowest BCUT2D eigenvalue weighted by atomic mass is 10.0. The maximum absolute atomic E-state index is 12.9. The molecule has 1 fully saturated rings. The van der Waals surface area contributed by atoms with E-state index in [-0.39, 0.29) is 23.1 Å². The van der Waals surface area contributed by atoms with Crippen LogP contribution in [0.1, 0.15) is 28.8 Å². The highest BCUT2D eigenvalue weighted by molar-refractivity contribution is 6.30. The van der Waals surface area contributed by atoms with Crippen LogP contribution in [-0.2, 0) is 6.54 Å². The van der Waals surface area contributed by atoms with E-state index in [0.29, 0.717) is 5.02 Å². The van der Waals surface area contributed by atoms with Crippen LogP contribution in [0.3, 0.4) is 0 Å². The zero-order valence-electron chi connectivity index (χ0n) is 16.9. The number of amides is 1. The number of carbonyl (C=O) groups is 1. The summed E-state index contributed by atoms with van der Waals surface area (Å²) in [6.45, 7) is 2.43. The van der Waals surface area contributed by atoms with E-state index < -0.39 is 16.5 Å². The molecule has 1 heterocycles. The number of carbonyl (C=O) groups excluding carboxylic acids is 1. The van der Waals surface area contributed by atoms with Gasteiger partial charge < -0.3 is 14.8 Å². The van der Waals surface area contributed by atoms with Crippen LogP contribution in [0.15, 0.2) is 36.4 Å². The van der Waals surface area contributed by atoms with Crippen LogP contribution >= 0.6 is 11.6 Å². The summed E-state index contributed by atoms with van der Waals surface area (Å²) in [6.07, 6.45) is 1.50. The Morgan fingerprint density at radius 1 is 1.13 bits per heavy atom. The number of nitro groups is 1. The number of methoxy groups -OCH3 is 2. The molecule has 1 saturated heterocycles. The first-order valence-electron chi connectivity index (χ1n) is 9.60. The lowest BCUT2D eigenvalue weighted by Crippen LogP contribution is -2.44. The van der Waals surface area contributed by atoms with Crippen LogP contribution in [0.2, 0.25) is 5.02 Å². The van der Waals surface area contributed by atoms with E-state index in [0.717, 1.165) is 32.5 Å². The Morgan fingerprint density at radius 3 is 2.30 bits per heavy atom. The molecule has 1 aliphatic heterocycles. The second-order valence-electron chi connectivity index (χ2n) is 7.10. The van der Waals surface area contributed by atoms with Gasteiger partial charge in [-0.3, -0.25) is 19.8 Å². The van der Waals surface area contributed by atoms with Gasteiger partial charge >= 0.3 is 5.69 Å². The molecule has 0 spiro atoms. The van der Waals surface area contributed by atoms with E-state index in [1.54, 1.807) is 0 Å². The zero-order chi connectivity index (χ0) is 21.7. The van der Waals surface area contributed by atoms with Crippen molar-refractivity contribution in [2.75, 3.05) is 27.3 Å². The van der Waals surface area contributed by atoms with Gasteiger partial charge in [0, 0.05) is 30.7 Å². The van der Waals surface area contributed by atoms with Crippen molar-refractivity contribution in [1.82, 2.24) is 10.2 Å². The third kappa shape index (κ3) is 5.01. The number of likely N-dealkylation sites (tertiary alicyclic amines) is 1. The van der Waals surface area contributed by atoms with Crippen molar-refractivity contribution >= 4 is 23.2 Å². The van der Waals surface area contributed by atoms with E-state index in [1.165, 1.54) is 31.9 Å². The molecule has 1 aliphatic rings. The van der Waals surface area contributed by atoms with Gasteiger partial charge in [-0.05, 0) is 42.7 Å². The molecule has 0 bridgehead atoms. The number of nitrogens with one attached hydrogen (secondary N) is 1. The summed E-state index contributed by atoms with van der Waals surface area (Å²) in [5.41, 5.74) is 0.665. The minimum Gasteiger partial charge on any atom is -0.496 e. The number of hydrogen-bond acceptors (Lipinski definition) is 6. The largest absolute Gasteiger partial charge is 0.496 e. The second kappa shape index (κ2) is 9.77. The summed E-state index contributed by atoms with van der Waals surface area (Å²) in [5.74, 6) is -0.377. The third-order valence-electron chi connectivity index (χ3n) is 5.19. The number of hydrogen-bond donors (Lipinski definition) is 1. The number of halogens is 1. The molecule has 0 unspecified atom stereocenters. The molecule has 2 aromatic rings. The molecule has 0 saturated carbocycles. The minimum atomic E-state index is -0.620. The lowest BCUT2D eigenvalue weighted by molar-refractivity contribution is -0.386. The molecule has 0 aliphatic carbocycles. The first-order valence-corrected chi connectivity index (χ1v) is 9.97. The molecule has 9 heteroatoms. The molecule has 160 valence electrons. The zero-order valence-corrected chi connectivity index (χ0v) is 17.6. The number of rotatable bonds is 7. The van der Waals surface area contributed by atoms with Gasteiger partial charge in [0.05, 0.1) is 19.1 Å². The summed E-state index contributed by atoms with van der Waals surface area (Å²) < 4.78 is 10.3. The fraction of sp³-hybridized carbons (Fsp3) is 0.381. The van der Waals surface area contributed by atoms with Crippen molar-refractivity contribution in [3.05, 3.63) is 62.7 Å². The van der Waals surface area contributed by atoms with Crippen molar-refractivity contribution in [1.29, 1.82) is 0 Å². The van der Waals surface area contributed by atoms with Crippen LogP contribution in [0.4, 0.5) is 5.69 Å². The Balaban J connectivity index is 1.66. The first-order chi connectivity index (χ1) is 14.4. The van der Waals surface area contributed by atoms with Crippen molar-refractivity contribution in [2.24, 2.45) is 0 Å². The van der Waals surface area contributed by atoms with Crippen molar-refractivity contribution in [3.63, 3.8) is 0 Å². The Hall–Kier alpha value is -2.84. The highest BCUT2D eigenvalue weighted by Crippen LogP contribution is 2.37. The summed E-state index contributed by atoms with van der Waals surface area (Å²) in [7, 11) is 2.70. The molecule has 30 heavy (non-hydrogen) atoms. The summed E-state index contributed by atoms with van der Waals surface area (Å²) >= 11 is 5.93. The summed E-state index contributed by atoms with van der Waals surface area (Å²) in [4.78, 5) is 26.2. The highest BCUT2D eigenvalue weighted by Gasteiger charge is 2.32. The number of nitrogens with zero attached hydrogens (tertiary/aromatic N) is 2. The average molecular weight is 434 g/mol. The molecule has 0 atom stereocenters. The lowest BCUT2D eigenvalue weighted by Gasteiger charge is -2.32. The van der Waals surface area contributed by atoms with Crippen LogP contribution < -0.4 is 14.8 Å². The Morgan fingerprint density at radius 2 is 1.73 bits per heavy atom. The van der Waals surface area contributed by atoms with Gasteiger partial charge in [-0.2, -0.15) is 0 Å². The van der Waals surface area contributed by atoms with Gasteiger partial charge in [0.1, 0.15) is 5.75 Å². The number of ether oxygens (including phenoxy) is 2. The van der Waals surface area contributed by atoms with Crippen LogP contribution in [0.5, 0.6) is 11.5 Å². The fourth-order valence-corrected chi connectivity index (χ4v) is 3.76. The first kappa shape index (κ1) is 21.9. The standard InChI is InChI=1S/C21H24ClN3O5/c1-29-17-7-8-18(30-2)20(25(27)28)19(17)21(26)23-16-9-11-24(12-10-16)13-14-3-5-15(22)6-4-14/h3-8,16H,9-13H2,1-2H3,(H,23,26). The van der Waals surface area contributed by atoms with Gasteiger partial charge in [0.2, 0.25) is 0 Å². The highest BCUT2D eigenvalue weighted by atomic mass is 35.5. The van der Waals surface area contributed by atoms with Gasteiger partial charge in [0.25, 0.3) is 5.91 Å². The maximum atomic E-state index is 12.9. The maximum Gasteiger partial charge on any atom is 0.327 e. The smallest absolute Gasteiger partial charge is 0.327 e. The van der Waals surface area contributed by atoms with Gasteiger partial charge in [-0.25, -0.2) is 0 Å². The molecular weight excluding hydrogens is 410 g/mol. The van der Waals surface area contributed by atoms with Crippen LogP contribution in [0.25, 0.3) is 0 Å². The average Bonchev–Trinajstić information content (AvgIpc) is 2.75. The van der Waals surface area contributed by atoms with E-state index in [4.69, 9.17) is 21.1 Å². The van der Waals surface area contributed by atoms with Gasteiger partial charge in [-0.15, -0.1) is 0 Å². The molecule has 1 amide bonds. The number of piperidine rings is 1. The minimum absolute atomic E-state index is 0.0173. The fourth-order valence-electron chi connectivity index (χ4n) is 3.63. The predicted octanol–water partition coefficient (Wildman–Crippen LogP) is 3.66. The van der Waals surface area contributed by atoms with E-state index in [1.807, 2.05) is 24.3 Å². The predicted molar refractivity (Wildman–Crippen MR) is 113 cm³/mol. The topological polar surface area (TPSA) is 93.9 Å². The SMILES string of the molecule is COc1ccc(OC)c([N+](=O)[O-])c1C(=O)NC1CCN(Cc2ccc(Cl)cc2)CC1. The van der Waals surface area contributed by atoms with Gasteiger partial charge in [-0.1, -0.05) is 23.7 Å².